The molecule has 0 radical (unpaired) electrons. The molecule has 1 aromatic carbocycles. The molecule has 0 aliphatic heterocycles. The molecule has 116 valence electrons. The number of carbonyl (C=O) groups excluding carboxylic acids is 2. The Bertz CT molecular complexity index is 814. The zero-order chi connectivity index (χ0) is 16.2. The Kier molecular flexibility index (Phi) is 4.57. The number of esters is 1. The van der Waals surface area contributed by atoms with Gasteiger partial charge in [-0.25, -0.2) is 4.79 Å². The second-order valence-electron chi connectivity index (χ2n) is 4.99. The summed E-state index contributed by atoms with van der Waals surface area (Å²) >= 11 is 3.17. The lowest BCUT2D eigenvalue weighted by atomic mass is 10.0. The number of ketones is 1. The predicted octanol–water partition coefficient (Wildman–Crippen LogP) is 3.81. The molecular weight excluding hydrogens is 360 g/mol. The van der Waals surface area contributed by atoms with Gasteiger partial charge in [0.2, 0.25) is 5.78 Å². The minimum absolute atomic E-state index is 0.197. The van der Waals surface area contributed by atoms with Crippen LogP contribution in [0.4, 0.5) is 0 Å². The number of hydrogen-bond donors (Lipinski definition) is 0. The van der Waals surface area contributed by atoms with Crippen molar-refractivity contribution in [3.8, 4) is 0 Å². The molecule has 0 bridgehead atoms. The van der Waals surface area contributed by atoms with Crippen LogP contribution in [0.3, 0.4) is 0 Å². The van der Waals surface area contributed by atoms with Gasteiger partial charge in [0.25, 0.3) is 0 Å². The predicted molar refractivity (Wildman–Crippen MR) is 89.5 cm³/mol. The molecule has 3 rings (SSSR count). The van der Waals surface area contributed by atoms with E-state index in [0.29, 0.717) is 16.0 Å². The highest BCUT2D eigenvalue weighted by atomic mass is 79.9. The molecule has 0 saturated heterocycles. The topological polar surface area (TPSA) is 56.5 Å². The highest BCUT2D eigenvalue weighted by Crippen LogP contribution is 2.27. The number of ether oxygens (including phenoxy) is 1. The van der Waals surface area contributed by atoms with Crippen molar-refractivity contribution in [1.29, 1.82) is 0 Å². The standard InChI is InChI=1S/C18H13BrO4/c19-17-9-6-13(23-17)7-10-18(21)22-11-16(20)15-8-5-12-3-1-2-4-14(12)15/h1-4,6-10H,5,11H2/b10-7+. The average molecular weight is 373 g/mol. The van der Waals surface area contributed by atoms with Gasteiger partial charge in [-0.15, -0.1) is 0 Å². The van der Waals surface area contributed by atoms with Crippen LogP contribution in [0.15, 0.2) is 57.6 Å². The molecule has 1 aliphatic carbocycles. The second-order valence-corrected chi connectivity index (χ2v) is 5.77. The van der Waals surface area contributed by atoms with Crippen LogP contribution in [0.1, 0.15) is 16.9 Å². The monoisotopic (exact) mass is 372 g/mol. The molecule has 5 heteroatoms. The van der Waals surface area contributed by atoms with Crippen molar-refractivity contribution in [2.45, 2.75) is 6.42 Å². The lowest BCUT2D eigenvalue weighted by molar-refractivity contribution is -0.141. The van der Waals surface area contributed by atoms with Gasteiger partial charge in [-0.1, -0.05) is 30.3 Å². The largest absolute Gasteiger partial charge is 0.454 e. The molecular formula is C18H13BrO4. The Morgan fingerprint density at radius 2 is 2.04 bits per heavy atom. The molecule has 0 atom stereocenters. The van der Waals surface area contributed by atoms with Gasteiger partial charge in [0.1, 0.15) is 5.76 Å². The number of benzene rings is 1. The summed E-state index contributed by atoms with van der Waals surface area (Å²) in [6, 6.07) is 11.2. The minimum Gasteiger partial charge on any atom is -0.454 e. The van der Waals surface area contributed by atoms with Crippen LogP contribution in [0.5, 0.6) is 0 Å². The quantitative estimate of drug-likeness (QED) is 0.591. The minimum atomic E-state index is -0.585. The number of fused-ring (bicyclic) bond motifs is 1. The highest BCUT2D eigenvalue weighted by Gasteiger charge is 2.20. The van der Waals surface area contributed by atoms with Crippen molar-refractivity contribution in [2.75, 3.05) is 6.61 Å². The zero-order valence-electron chi connectivity index (χ0n) is 12.1. The number of rotatable bonds is 5. The normalized spacial score (nSPS) is 13.0. The molecule has 0 spiro atoms. The summed E-state index contributed by atoms with van der Waals surface area (Å²) in [5.74, 6) is -0.261. The maximum absolute atomic E-state index is 12.2. The molecule has 1 aliphatic rings. The summed E-state index contributed by atoms with van der Waals surface area (Å²) < 4.78 is 10.8. The van der Waals surface area contributed by atoms with Crippen LogP contribution in [-0.2, 0) is 20.7 Å². The van der Waals surface area contributed by atoms with E-state index in [-0.39, 0.29) is 12.4 Å². The van der Waals surface area contributed by atoms with Crippen LogP contribution >= 0.6 is 15.9 Å². The van der Waals surface area contributed by atoms with Crippen molar-refractivity contribution in [3.63, 3.8) is 0 Å². The van der Waals surface area contributed by atoms with Gasteiger partial charge in [0.05, 0.1) is 0 Å². The van der Waals surface area contributed by atoms with Crippen LogP contribution in [-0.4, -0.2) is 18.4 Å². The molecule has 0 amide bonds. The Morgan fingerprint density at radius 1 is 1.22 bits per heavy atom. The average Bonchev–Trinajstić information content (AvgIpc) is 3.16. The van der Waals surface area contributed by atoms with Gasteiger partial charge >= 0.3 is 5.97 Å². The van der Waals surface area contributed by atoms with Gasteiger partial charge in [-0.2, -0.15) is 0 Å². The van der Waals surface area contributed by atoms with Crippen molar-refractivity contribution < 1.29 is 18.7 Å². The Morgan fingerprint density at radius 3 is 2.83 bits per heavy atom. The molecule has 0 N–H and O–H groups in total. The van der Waals surface area contributed by atoms with Crippen LogP contribution in [0, 0.1) is 0 Å². The van der Waals surface area contributed by atoms with E-state index < -0.39 is 5.97 Å². The van der Waals surface area contributed by atoms with Gasteiger partial charge in [-0.05, 0) is 51.7 Å². The molecule has 1 aromatic heterocycles. The molecule has 0 saturated carbocycles. The summed E-state index contributed by atoms with van der Waals surface area (Å²) in [6.45, 7) is -0.273. The van der Waals surface area contributed by atoms with E-state index in [4.69, 9.17) is 9.15 Å². The number of allylic oxidation sites excluding steroid dienone is 1. The lowest BCUT2D eigenvalue weighted by Crippen LogP contribution is -2.13. The third kappa shape index (κ3) is 3.68. The summed E-state index contributed by atoms with van der Waals surface area (Å²) in [7, 11) is 0. The number of hydrogen-bond acceptors (Lipinski definition) is 4. The highest BCUT2D eigenvalue weighted by molar-refractivity contribution is 9.10. The third-order valence-electron chi connectivity index (χ3n) is 3.46. The maximum atomic E-state index is 12.2. The second kappa shape index (κ2) is 6.79. The first-order valence-electron chi connectivity index (χ1n) is 7.05. The van der Waals surface area contributed by atoms with E-state index in [0.717, 1.165) is 17.5 Å². The van der Waals surface area contributed by atoms with Gasteiger partial charge < -0.3 is 9.15 Å². The smallest absolute Gasteiger partial charge is 0.331 e. The summed E-state index contributed by atoms with van der Waals surface area (Å²) in [5, 5.41) is 0. The first-order chi connectivity index (χ1) is 11.1. The van der Waals surface area contributed by atoms with Crippen LogP contribution in [0.2, 0.25) is 0 Å². The molecule has 0 fully saturated rings. The molecule has 23 heavy (non-hydrogen) atoms. The van der Waals surface area contributed by atoms with Crippen molar-refractivity contribution in [2.24, 2.45) is 0 Å². The van der Waals surface area contributed by atoms with Crippen molar-refractivity contribution >= 4 is 39.3 Å². The number of furan rings is 1. The number of carbonyl (C=O) groups is 2. The van der Waals surface area contributed by atoms with Crippen LogP contribution < -0.4 is 0 Å². The van der Waals surface area contributed by atoms with E-state index in [1.807, 2.05) is 30.3 Å². The Labute approximate surface area is 141 Å². The fraction of sp³-hybridized carbons (Fsp3) is 0.111. The summed E-state index contributed by atoms with van der Waals surface area (Å²) in [4.78, 5) is 23.8. The lowest BCUT2D eigenvalue weighted by Gasteiger charge is -2.05. The summed E-state index contributed by atoms with van der Waals surface area (Å²) in [5.41, 5.74) is 2.65. The molecule has 2 aromatic rings. The zero-order valence-corrected chi connectivity index (χ0v) is 13.7. The number of halogens is 1. The number of Topliss-reactive ketones (excluding diaryl/α,β-unsaturated/α-hetero) is 1. The van der Waals surface area contributed by atoms with Crippen LogP contribution in [0.25, 0.3) is 11.6 Å². The fourth-order valence-corrected chi connectivity index (χ4v) is 2.70. The Balaban J connectivity index is 1.55. The maximum Gasteiger partial charge on any atom is 0.331 e. The molecule has 1 heterocycles. The fourth-order valence-electron chi connectivity index (χ4n) is 2.38. The first-order valence-corrected chi connectivity index (χ1v) is 7.84. The SMILES string of the molecule is O=C(/C=C/c1ccc(Br)o1)OCC(=O)C1=CCc2ccccc21. The molecule has 4 nitrogen and oxygen atoms in total. The van der Waals surface area contributed by atoms with Gasteiger partial charge in [0, 0.05) is 11.6 Å². The van der Waals surface area contributed by atoms with E-state index in [9.17, 15) is 9.59 Å². The van der Waals surface area contributed by atoms with Gasteiger partial charge in [-0.3, -0.25) is 4.79 Å². The molecule has 0 unspecified atom stereocenters. The van der Waals surface area contributed by atoms with E-state index in [1.165, 1.54) is 12.2 Å². The first kappa shape index (κ1) is 15.5. The third-order valence-corrected chi connectivity index (χ3v) is 3.88. The van der Waals surface area contributed by atoms with E-state index >= 15 is 0 Å². The summed E-state index contributed by atoms with van der Waals surface area (Å²) in [6.07, 6.45) is 5.33. The van der Waals surface area contributed by atoms with Gasteiger partial charge in [0.15, 0.2) is 11.3 Å². The van der Waals surface area contributed by atoms with E-state index in [1.54, 1.807) is 12.1 Å². The Hall–Kier alpha value is -2.40. The van der Waals surface area contributed by atoms with Crippen molar-refractivity contribution in [1.82, 2.24) is 0 Å². The van der Waals surface area contributed by atoms with Crippen molar-refractivity contribution in [3.05, 3.63) is 70.1 Å². The van der Waals surface area contributed by atoms with E-state index in [2.05, 4.69) is 15.9 Å².